The minimum absolute atomic E-state index is 0.263. The molecule has 1 aliphatic carbocycles. The van der Waals surface area contributed by atoms with Crippen LogP contribution in [0.4, 0.5) is 0 Å². The molecule has 0 saturated heterocycles. The van der Waals surface area contributed by atoms with Crippen molar-refractivity contribution in [3.8, 4) is 0 Å². The molecule has 2 atom stereocenters. The maximum absolute atomic E-state index is 12.8. The predicted octanol–water partition coefficient (Wildman–Crippen LogP) is 4.42. The zero-order valence-corrected chi connectivity index (χ0v) is 18.3. The molecule has 0 radical (unpaired) electrons. The van der Waals surface area contributed by atoms with E-state index < -0.39 is 18.0 Å². The highest BCUT2D eigenvalue weighted by Gasteiger charge is 2.29. The lowest BCUT2D eigenvalue weighted by atomic mass is 9.87. The number of carbonyl (C=O) groups is 3. The Morgan fingerprint density at radius 1 is 1.28 bits per heavy atom. The summed E-state index contributed by atoms with van der Waals surface area (Å²) < 4.78 is 10.2. The highest BCUT2D eigenvalue weighted by Crippen LogP contribution is 2.34. The highest BCUT2D eigenvalue weighted by atomic mass is 32.1. The summed E-state index contributed by atoms with van der Waals surface area (Å²) in [7, 11) is 1.30. The first-order valence-electron chi connectivity index (χ1n) is 9.91. The van der Waals surface area contributed by atoms with Gasteiger partial charge in [0.05, 0.1) is 18.4 Å². The number of methoxy groups -OCH3 is 1. The molecule has 0 saturated carbocycles. The second-order valence-electron chi connectivity index (χ2n) is 7.60. The molecule has 0 fully saturated rings. The normalized spacial score (nSPS) is 16.8. The van der Waals surface area contributed by atoms with E-state index in [9.17, 15) is 14.4 Å². The van der Waals surface area contributed by atoms with Crippen molar-refractivity contribution in [3.63, 3.8) is 0 Å². The Hall–Kier alpha value is -2.41. The minimum atomic E-state index is -0.965. The zero-order valence-electron chi connectivity index (χ0n) is 17.5. The molecule has 2 aromatic heterocycles. The van der Waals surface area contributed by atoms with Crippen LogP contribution in [0.5, 0.6) is 0 Å². The van der Waals surface area contributed by atoms with E-state index in [0.29, 0.717) is 27.6 Å². The van der Waals surface area contributed by atoms with E-state index in [0.717, 1.165) is 25.7 Å². The molecule has 29 heavy (non-hydrogen) atoms. The van der Waals surface area contributed by atoms with Gasteiger partial charge in [0.25, 0.3) is 0 Å². The predicted molar refractivity (Wildman–Crippen MR) is 111 cm³/mol. The number of aryl methyl sites for hydroxylation is 2. The number of thiophene rings is 1. The second kappa shape index (κ2) is 8.53. The molecule has 2 aromatic rings. The molecular formula is C22H27NO5S. The standard InChI is InChI=1S/C22H27NO5S/c1-6-14-7-8-16-15(9-14)10-17(29-16)21(25)28-13(4)20(24)19-11(2)18(12(3)23-19)22(26)27-5/h10,13-14,23H,6-9H2,1-5H3/t13-,14-/m1/s1. The molecule has 0 unspecified atom stereocenters. The van der Waals surface area contributed by atoms with Gasteiger partial charge in [-0.3, -0.25) is 4.79 Å². The molecule has 156 valence electrons. The third kappa shape index (κ3) is 4.15. The van der Waals surface area contributed by atoms with E-state index in [1.165, 1.54) is 28.9 Å². The topological polar surface area (TPSA) is 85.5 Å². The molecule has 0 bridgehead atoms. The summed E-state index contributed by atoms with van der Waals surface area (Å²) in [6, 6.07) is 1.92. The third-order valence-electron chi connectivity index (χ3n) is 5.69. The van der Waals surface area contributed by atoms with Crippen molar-refractivity contribution in [1.29, 1.82) is 0 Å². The summed E-state index contributed by atoms with van der Waals surface area (Å²) >= 11 is 1.47. The van der Waals surface area contributed by atoms with Gasteiger partial charge in [0.1, 0.15) is 4.88 Å². The Morgan fingerprint density at radius 2 is 2.00 bits per heavy atom. The number of fused-ring (bicyclic) bond motifs is 1. The molecule has 2 heterocycles. The van der Waals surface area contributed by atoms with Crippen molar-refractivity contribution >= 4 is 29.1 Å². The van der Waals surface area contributed by atoms with E-state index >= 15 is 0 Å². The number of aromatic nitrogens is 1. The van der Waals surface area contributed by atoms with E-state index in [2.05, 4.69) is 11.9 Å². The molecule has 1 N–H and O–H groups in total. The van der Waals surface area contributed by atoms with Crippen molar-refractivity contribution in [2.24, 2.45) is 5.92 Å². The number of ether oxygens (including phenoxy) is 2. The first kappa shape index (κ1) is 21.3. The number of hydrogen-bond acceptors (Lipinski definition) is 6. The van der Waals surface area contributed by atoms with Crippen LogP contribution in [0.1, 0.15) is 78.9 Å². The minimum Gasteiger partial charge on any atom is -0.465 e. The van der Waals surface area contributed by atoms with Crippen LogP contribution in [0, 0.1) is 19.8 Å². The average Bonchev–Trinajstić information content (AvgIpc) is 3.26. The van der Waals surface area contributed by atoms with Gasteiger partial charge in [-0.15, -0.1) is 11.3 Å². The van der Waals surface area contributed by atoms with Crippen molar-refractivity contribution in [2.45, 2.75) is 59.5 Å². The van der Waals surface area contributed by atoms with Gasteiger partial charge in [0.2, 0.25) is 5.78 Å². The van der Waals surface area contributed by atoms with Gasteiger partial charge in [-0.2, -0.15) is 0 Å². The lowest BCUT2D eigenvalue weighted by Gasteiger charge is -2.19. The Morgan fingerprint density at radius 3 is 2.66 bits per heavy atom. The number of rotatable bonds is 6. The Kier molecular flexibility index (Phi) is 6.27. The maximum atomic E-state index is 12.8. The largest absolute Gasteiger partial charge is 0.465 e. The van der Waals surface area contributed by atoms with Gasteiger partial charge >= 0.3 is 11.9 Å². The van der Waals surface area contributed by atoms with Gasteiger partial charge in [-0.1, -0.05) is 13.3 Å². The number of Topliss-reactive ketones (excluding diaryl/α,β-unsaturated/α-hetero) is 1. The molecule has 7 heteroatoms. The summed E-state index contributed by atoms with van der Waals surface area (Å²) in [6.07, 6.45) is 3.33. The van der Waals surface area contributed by atoms with E-state index in [-0.39, 0.29) is 11.5 Å². The SMILES string of the molecule is CC[C@@H]1CCc2sc(C(=O)O[C@H](C)C(=O)c3[nH]c(C)c(C(=O)OC)c3C)cc2C1. The molecule has 3 rings (SSSR count). The molecule has 6 nitrogen and oxygen atoms in total. The van der Waals surface area contributed by atoms with E-state index in [1.807, 2.05) is 6.07 Å². The number of ketones is 1. The van der Waals surface area contributed by atoms with Crippen LogP contribution < -0.4 is 0 Å². The Labute approximate surface area is 174 Å². The molecule has 0 aliphatic heterocycles. The quantitative estimate of drug-likeness (QED) is 0.555. The first-order valence-corrected chi connectivity index (χ1v) is 10.7. The summed E-state index contributed by atoms with van der Waals surface area (Å²) in [5.74, 6) is -0.687. The summed E-state index contributed by atoms with van der Waals surface area (Å²) in [4.78, 5) is 42.1. The third-order valence-corrected chi connectivity index (χ3v) is 6.91. The fourth-order valence-corrected chi connectivity index (χ4v) is 5.02. The Bertz CT molecular complexity index is 955. The lowest BCUT2D eigenvalue weighted by Crippen LogP contribution is -2.25. The Balaban J connectivity index is 1.73. The maximum Gasteiger partial charge on any atom is 0.349 e. The van der Waals surface area contributed by atoms with Gasteiger partial charge in [-0.25, -0.2) is 9.59 Å². The number of H-pyrrole nitrogens is 1. The monoisotopic (exact) mass is 417 g/mol. The number of nitrogens with one attached hydrogen (secondary N) is 1. The molecule has 1 aliphatic rings. The average molecular weight is 418 g/mol. The zero-order chi connectivity index (χ0) is 21.3. The van der Waals surface area contributed by atoms with Crippen LogP contribution in [0.3, 0.4) is 0 Å². The number of aromatic amines is 1. The van der Waals surface area contributed by atoms with Crippen molar-refractivity contribution in [1.82, 2.24) is 4.98 Å². The first-order chi connectivity index (χ1) is 13.8. The smallest absolute Gasteiger partial charge is 0.349 e. The highest BCUT2D eigenvalue weighted by molar-refractivity contribution is 7.14. The summed E-state index contributed by atoms with van der Waals surface area (Å²) in [6.45, 7) is 7.12. The van der Waals surface area contributed by atoms with Gasteiger partial charge < -0.3 is 14.5 Å². The molecule has 0 spiro atoms. The van der Waals surface area contributed by atoms with Crippen molar-refractivity contribution in [3.05, 3.63) is 43.9 Å². The molecule has 0 aromatic carbocycles. The van der Waals surface area contributed by atoms with Crippen LogP contribution in [0.25, 0.3) is 0 Å². The molecule has 0 amide bonds. The van der Waals surface area contributed by atoms with Gasteiger partial charge in [0.15, 0.2) is 6.10 Å². The van der Waals surface area contributed by atoms with Gasteiger partial charge in [-0.05, 0) is 63.1 Å². The van der Waals surface area contributed by atoms with E-state index in [1.54, 1.807) is 20.8 Å². The summed E-state index contributed by atoms with van der Waals surface area (Å²) in [5, 5.41) is 0. The van der Waals surface area contributed by atoms with Crippen LogP contribution >= 0.6 is 11.3 Å². The van der Waals surface area contributed by atoms with Gasteiger partial charge in [0, 0.05) is 10.6 Å². The van der Waals surface area contributed by atoms with Crippen LogP contribution in [-0.2, 0) is 22.3 Å². The van der Waals surface area contributed by atoms with Crippen molar-refractivity contribution < 1.29 is 23.9 Å². The number of hydrogen-bond donors (Lipinski definition) is 1. The summed E-state index contributed by atoms with van der Waals surface area (Å²) in [5.41, 5.74) is 2.88. The molecular weight excluding hydrogens is 390 g/mol. The van der Waals surface area contributed by atoms with E-state index in [4.69, 9.17) is 9.47 Å². The van der Waals surface area contributed by atoms with Crippen LogP contribution in [-0.4, -0.2) is 35.9 Å². The van der Waals surface area contributed by atoms with Crippen LogP contribution in [0.2, 0.25) is 0 Å². The fraction of sp³-hybridized carbons (Fsp3) is 0.500. The fourth-order valence-electron chi connectivity index (χ4n) is 3.93. The lowest BCUT2D eigenvalue weighted by molar-refractivity contribution is 0.0321. The number of carbonyl (C=O) groups excluding carboxylic acids is 3. The second-order valence-corrected chi connectivity index (χ2v) is 8.74. The van der Waals surface area contributed by atoms with Crippen molar-refractivity contribution in [2.75, 3.05) is 7.11 Å². The van der Waals surface area contributed by atoms with Crippen LogP contribution in [0.15, 0.2) is 6.07 Å². The number of esters is 2.